The molecule has 45 heavy (non-hydrogen) atoms. The summed E-state index contributed by atoms with van der Waals surface area (Å²) in [4.78, 5) is 27.1. The zero-order valence-corrected chi connectivity index (χ0v) is 28.1. The molecule has 2 aromatic carbocycles. The number of H-pyrrole nitrogens is 1. The second-order valence-electron chi connectivity index (χ2n) is 11.1. The first kappa shape index (κ1) is 34.4. The summed E-state index contributed by atoms with van der Waals surface area (Å²) in [5, 5.41) is 23.3. The van der Waals surface area contributed by atoms with Crippen molar-refractivity contribution >= 4 is 25.0 Å². The second kappa shape index (κ2) is 14.3. The average Bonchev–Trinajstić information content (AvgIpc) is 3.30. The fourth-order valence-electron chi connectivity index (χ4n) is 5.24. The lowest BCUT2D eigenvalue weighted by molar-refractivity contribution is -0.0361. The molecule has 0 spiro atoms. The second-order valence-corrected chi connectivity index (χ2v) is 14.4. The van der Waals surface area contributed by atoms with Crippen LogP contribution in [0.5, 0.6) is 23.1 Å². The van der Waals surface area contributed by atoms with Gasteiger partial charge in [-0.2, -0.15) is 0 Å². The number of aromatic hydroxyl groups is 2. The zero-order valence-electron chi connectivity index (χ0n) is 26.4. The van der Waals surface area contributed by atoms with Gasteiger partial charge in [0.25, 0.3) is 0 Å². The summed E-state index contributed by atoms with van der Waals surface area (Å²) in [7, 11) is -3.34. The molecule has 0 saturated carbocycles. The van der Waals surface area contributed by atoms with E-state index in [-0.39, 0.29) is 55.5 Å². The highest BCUT2D eigenvalue weighted by Crippen LogP contribution is 2.49. The summed E-state index contributed by atoms with van der Waals surface area (Å²) in [6.07, 6.45) is -0.878. The molecule has 2 unspecified atom stereocenters. The third kappa shape index (κ3) is 8.21. The number of hydrogen-bond acceptors (Lipinski definition) is 11. The Morgan fingerprint density at radius 1 is 1.11 bits per heavy atom. The molecule has 1 amide bonds. The molecule has 1 aliphatic rings. The molecule has 0 aliphatic carbocycles. The van der Waals surface area contributed by atoms with Crippen molar-refractivity contribution in [3.8, 4) is 23.1 Å². The molecule has 0 saturated heterocycles. The molecular weight excluding hydrogens is 623 g/mol. The lowest BCUT2D eigenvalue weighted by Crippen LogP contribution is -2.45. The molecular formula is C31H41N2O10PS. The van der Waals surface area contributed by atoms with Crippen LogP contribution in [0.2, 0.25) is 0 Å². The van der Waals surface area contributed by atoms with E-state index in [1.807, 2.05) is 26.0 Å². The van der Waals surface area contributed by atoms with Gasteiger partial charge in [-0.1, -0.05) is 23.5 Å². The van der Waals surface area contributed by atoms with Crippen molar-refractivity contribution in [2.24, 2.45) is 0 Å². The number of phenols is 1. The normalized spacial score (nSPS) is 17.8. The van der Waals surface area contributed by atoms with Crippen LogP contribution >= 0.6 is 18.9 Å². The van der Waals surface area contributed by atoms with Gasteiger partial charge < -0.3 is 38.8 Å². The summed E-state index contributed by atoms with van der Waals surface area (Å²) in [5.74, 6) is 1.09. The van der Waals surface area contributed by atoms with Crippen molar-refractivity contribution in [2.75, 3.05) is 32.5 Å². The van der Waals surface area contributed by atoms with Gasteiger partial charge in [-0.3, -0.25) is 14.3 Å². The van der Waals surface area contributed by atoms with E-state index in [1.54, 1.807) is 39.8 Å². The number of fused-ring (bicyclic) bond motifs is 1. The highest BCUT2D eigenvalue weighted by Gasteiger charge is 2.43. The summed E-state index contributed by atoms with van der Waals surface area (Å²) >= 11 is 0.965. The van der Waals surface area contributed by atoms with E-state index in [4.69, 9.17) is 23.3 Å². The van der Waals surface area contributed by atoms with Gasteiger partial charge in [-0.15, -0.1) is 0 Å². The number of phenolic OH excluding ortho intramolecular Hbond substituents is 1. The zero-order chi connectivity index (χ0) is 32.9. The first-order valence-corrected chi connectivity index (χ1v) is 17.3. The van der Waals surface area contributed by atoms with Crippen LogP contribution in [0.4, 0.5) is 4.79 Å². The van der Waals surface area contributed by atoms with Gasteiger partial charge in [0, 0.05) is 30.5 Å². The number of thiazole rings is 1. The van der Waals surface area contributed by atoms with E-state index in [0.29, 0.717) is 39.5 Å². The number of rotatable bonds is 13. The SMILES string of the molecule is CCOP(=O)(CCNC(=O)OC1CC(C)(COc2ccc(Cc3sc(=O)[nH]c3O)cc2)Oc2c(C)c(C)c(O)c(C)c21)OCC. The molecule has 2 heterocycles. The van der Waals surface area contributed by atoms with Gasteiger partial charge in [-0.25, -0.2) is 4.79 Å². The molecule has 4 N–H and O–H groups in total. The standard InChI is InChI=1S/C31H41N2O10PS/c1-7-40-44(38,41-8-2)14-13-32-29(36)42-23-16-31(6,43-27-19(4)18(3)26(34)20(5)25(23)27)17-39-22-11-9-21(10-12-22)15-24-28(35)33-30(37)45-24/h9-12,23,34-35H,7-8,13-17H2,1-6H3,(H,32,36)(H,33,37). The van der Waals surface area contributed by atoms with E-state index in [0.717, 1.165) is 22.5 Å². The first-order chi connectivity index (χ1) is 21.3. The van der Waals surface area contributed by atoms with Crippen LogP contribution < -0.4 is 19.7 Å². The number of aromatic amines is 1. The molecule has 3 aromatic rings. The van der Waals surface area contributed by atoms with Crippen molar-refractivity contribution < 1.29 is 42.8 Å². The Kier molecular flexibility index (Phi) is 10.9. The third-order valence-corrected chi connectivity index (χ3v) is 10.6. The van der Waals surface area contributed by atoms with Crippen LogP contribution in [0.1, 0.15) is 66.0 Å². The highest BCUT2D eigenvalue weighted by atomic mass is 32.1. The minimum absolute atomic E-state index is 0.0107. The molecule has 12 nitrogen and oxygen atoms in total. The highest BCUT2D eigenvalue weighted by molar-refractivity contribution is 7.53. The minimum Gasteiger partial charge on any atom is -0.507 e. The Bertz CT molecular complexity index is 1610. The van der Waals surface area contributed by atoms with E-state index in [9.17, 15) is 24.4 Å². The molecule has 0 bridgehead atoms. The Labute approximate surface area is 266 Å². The van der Waals surface area contributed by atoms with E-state index in [1.165, 1.54) is 0 Å². The lowest BCUT2D eigenvalue weighted by Gasteiger charge is -2.41. The van der Waals surface area contributed by atoms with Gasteiger partial charge in [0.2, 0.25) is 5.88 Å². The third-order valence-electron chi connectivity index (χ3n) is 7.64. The number of alkyl carbamates (subject to hydrolysis) is 1. The minimum atomic E-state index is -3.34. The number of carbonyl (C=O) groups excluding carboxylic acids is 1. The Morgan fingerprint density at radius 3 is 2.38 bits per heavy atom. The Morgan fingerprint density at radius 2 is 1.78 bits per heavy atom. The molecule has 246 valence electrons. The molecule has 4 rings (SSSR count). The van der Waals surface area contributed by atoms with Crippen LogP contribution in [-0.2, 0) is 24.8 Å². The van der Waals surface area contributed by atoms with E-state index >= 15 is 0 Å². The Balaban J connectivity index is 1.48. The number of ether oxygens (including phenoxy) is 3. The molecule has 1 aliphatic heterocycles. The van der Waals surface area contributed by atoms with Crippen molar-refractivity contribution in [1.82, 2.24) is 10.3 Å². The summed E-state index contributed by atoms with van der Waals surface area (Å²) in [6.45, 7) is 11.3. The fraction of sp³-hybridized carbons (Fsp3) is 0.484. The van der Waals surface area contributed by atoms with Crippen molar-refractivity contribution in [3.63, 3.8) is 0 Å². The van der Waals surface area contributed by atoms with Gasteiger partial charge in [0.05, 0.1) is 24.3 Å². The van der Waals surface area contributed by atoms with E-state index in [2.05, 4.69) is 10.3 Å². The van der Waals surface area contributed by atoms with Crippen molar-refractivity contribution in [3.05, 3.63) is 66.6 Å². The van der Waals surface area contributed by atoms with Crippen LogP contribution in [0.3, 0.4) is 0 Å². The van der Waals surface area contributed by atoms with Crippen LogP contribution in [-0.4, -0.2) is 59.4 Å². The summed E-state index contributed by atoms with van der Waals surface area (Å²) in [6, 6.07) is 7.29. The Hall–Kier alpha value is -3.51. The maximum atomic E-state index is 13.0. The number of amides is 1. The maximum Gasteiger partial charge on any atom is 0.407 e. The first-order valence-electron chi connectivity index (χ1n) is 14.7. The quantitative estimate of drug-likeness (QED) is 0.159. The predicted molar refractivity (Wildman–Crippen MR) is 170 cm³/mol. The molecule has 0 fully saturated rings. The topological polar surface area (TPSA) is 166 Å². The smallest absolute Gasteiger partial charge is 0.407 e. The van der Waals surface area contributed by atoms with Crippen LogP contribution in [0, 0.1) is 20.8 Å². The molecule has 14 heteroatoms. The fourth-order valence-corrected chi connectivity index (χ4v) is 7.51. The number of nitrogens with one attached hydrogen (secondary N) is 2. The molecule has 0 radical (unpaired) electrons. The van der Waals surface area contributed by atoms with Gasteiger partial charge >= 0.3 is 18.6 Å². The van der Waals surface area contributed by atoms with Gasteiger partial charge in [-0.05, 0) is 70.4 Å². The molecule has 2 atom stereocenters. The number of hydrogen-bond donors (Lipinski definition) is 4. The monoisotopic (exact) mass is 664 g/mol. The molecule has 1 aromatic heterocycles. The maximum absolute atomic E-state index is 13.0. The summed E-state index contributed by atoms with van der Waals surface area (Å²) in [5.41, 5.74) is 2.50. The van der Waals surface area contributed by atoms with Crippen LogP contribution in [0.15, 0.2) is 29.1 Å². The lowest BCUT2D eigenvalue weighted by atomic mass is 9.85. The number of benzene rings is 2. The number of carbonyl (C=O) groups is 1. The van der Waals surface area contributed by atoms with E-state index < -0.39 is 25.4 Å². The van der Waals surface area contributed by atoms with Crippen LogP contribution in [0.25, 0.3) is 0 Å². The largest absolute Gasteiger partial charge is 0.507 e. The van der Waals surface area contributed by atoms with Crippen molar-refractivity contribution in [1.29, 1.82) is 0 Å². The van der Waals surface area contributed by atoms with Crippen molar-refractivity contribution in [2.45, 2.75) is 66.1 Å². The summed E-state index contributed by atoms with van der Waals surface area (Å²) < 4.78 is 41.9. The van der Waals surface area contributed by atoms with Gasteiger partial charge in [0.1, 0.15) is 35.6 Å². The average molecular weight is 665 g/mol. The number of aromatic nitrogens is 1. The predicted octanol–water partition coefficient (Wildman–Crippen LogP) is 6.02. The van der Waals surface area contributed by atoms with Gasteiger partial charge in [0.15, 0.2) is 0 Å².